The molecule has 0 spiro atoms. The van der Waals surface area contributed by atoms with Crippen LogP contribution in [0.2, 0.25) is 0 Å². The maximum atomic E-state index is 13.6. The molecule has 1 saturated heterocycles. The number of rotatable bonds is 2. The van der Waals surface area contributed by atoms with Crippen LogP contribution >= 0.6 is 0 Å². The molecule has 5 rings (SSSR count). The van der Waals surface area contributed by atoms with Crippen LogP contribution < -0.4 is 4.74 Å². The Morgan fingerprint density at radius 3 is 1.76 bits per heavy atom. The molecule has 1 saturated carbocycles. The van der Waals surface area contributed by atoms with Gasteiger partial charge in [-0.05, 0) is 25.0 Å². The fourth-order valence-electron chi connectivity index (χ4n) is 4.94. The van der Waals surface area contributed by atoms with Gasteiger partial charge in [0, 0.05) is 43.2 Å². The van der Waals surface area contributed by atoms with Crippen LogP contribution in [0, 0.1) is 5.92 Å². The SMILES string of the molecule is O=C(C1CCCC1)N1CCN(C(=O)C2c3ccccc3Oc3ccccc32)CC1. The summed E-state index contributed by atoms with van der Waals surface area (Å²) in [5, 5.41) is 0. The van der Waals surface area contributed by atoms with Gasteiger partial charge in [-0.15, -0.1) is 0 Å². The lowest BCUT2D eigenvalue weighted by molar-refractivity contribution is -0.142. The number of carbonyl (C=O) groups excluding carboxylic acids is 2. The van der Waals surface area contributed by atoms with E-state index in [1.807, 2.05) is 58.3 Å². The molecule has 0 atom stereocenters. The second-order valence-electron chi connectivity index (χ2n) is 8.24. The minimum atomic E-state index is -0.353. The Morgan fingerprint density at radius 2 is 1.21 bits per heavy atom. The molecule has 0 bridgehead atoms. The summed E-state index contributed by atoms with van der Waals surface area (Å²) in [6.07, 6.45) is 4.37. The highest BCUT2D eigenvalue weighted by atomic mass is 16.5. The van der Waals surface area contributed by atoms with Crippen LogP contribution in [-0.2, 0) is 9.59 Å². The second-order valence-corrected chi connectivity index (χ2v) is 8.24. The van der Waals surface area contributed by atoms with Crippen LogP contribution in [0.25, 0.3) is 0 Å². The minimum Gasteiger partial charge on any atom is -0.457 e. The maximum absolute atomic E-state index is 13.6. The Morgan fingerprint density at radius 1 is 0.724 bits per heavy atom. The number of hydrogen-bond acceptors (Lipinski definition) is 3. The van der Waals surface area contributed by atoms with Crippen molar-refractivity contribution in [2.24, 2.45) is 5.92 Å². The summed E-state index contributed by atoms with van der Waals surface area (Å²) >= 11 is 0. The highest BCUT2D eigenvalue weighted by molar-refractivity contribution is 5.90. The number of nitrogens with zero attached hydrogens (tertiary/aromatic N) is 2. The molecule has 2 heterocycles. The van der Waals surface area contributed by atoms with Gasteiger partial charge >= 0.3 is 0 Å². The largest absolute Gasteiger partial charge is 0.457 e. The Labute approximate surface area is 171 Å². The van der Waals surface area contributed by atoms with Crippen LogP contribution in [0.15, 0.2) is 48.5 Å². The standard InChI is InChI=1S/C24H26N2O3/c27-23(17-7-1-2-8-17)25-13-15-26(16-14-25)24(28)22-18-9-3-5-11-20(18)29-21-12-6-4-10-19(21)22/h3-6,9-12,17,22H,1-2,7-8,13-16H2. The second kappa shape index (κ2) is 7.54. The van der Waals surface area contributed by atoms with E-state index in [1.54, 1.807) is 0 Å². The Kier molecular flexibility index (Phi) is 4.74. The molecule has 2 aromatic carbocycles. The topological polar surface area (TPSA) is 49.9 Å². The number of hydrogen-bond donors (Lipinski definition) is 0. The van der Waals surface area contributed by atoms with Crippen molar-refractivity contribution in [1.82, 2.24) is 9.80 Å². The number of fused-ring (bicyclic) bond motifs is 2. The predicted octanol–water partition coefficient (Wildman–Crippen LogP) is 3.79. The van der Waals surface area contributed by atoms with Crippen LogP contribution in [-0.4, -0.2) is 47.8 Å². The summed E-state index contributed by atoms with van der Waals surface area (Å²) in [5.41, 5.74) is 1.83. The molecular weight excluding hydrogens is 364 g/mol. The van der Waals surface area contributed by atoms with E-state index in [2.05, 4.69) is 0 Å². The molecule has 0 unspecified atom stereocenters. The predicted molar refractivity (Wildman–Crippen MR) is 110 cm³/mol. The van der Waals surface area contributed by atoms with E-state index < -0.39 is 0 Å². The Hall–Kier alpha value is -2.82. The molecular formula is C24H26N2O3. The molecule has 2 fully saturated rings. The molecule has 2 aliphatic heterocycles. The maximum Gasteiger partial charge on any atom is 0.234 e. The lowest BCUT2D eigenvalue weighted by atomic mass is 9.86. The monoisotopic (exact) mass is 390 g/mol. The first-order valence-electron chi connectivity index (χ1n) is 10.7. The fraction of sp³-hybridized carbons (Fsp3) is 0.417. The van der Waals surface area contributed by atoms with Crippen LogP contribution in [0.4, 0.5) is 0 Å². The molecule has 0 radical (unpaired) electrons. The number of amides is 2. The van der Waals surface area contributed by atoms with E-state index in [0.29, 0.717) is 26.2 Å². The van der Waals surface area contributed by atoms with Crippen LogP contribution in [0.5, 0.6) is 11.5 Å². The van der Waals surface area contributed by atoms with E-state index in [4.69, 9.17) is 4.74 Å². The van der Waals surface area contributed by atoms with Crippen molar-refractivity contribution in [3.05, 3.63) is 59.7 Å². The summed E-state index contributed by atoms with van der Waals surface area (Å²) in [4.78, 5) is 30.2. The first kappa shape index (κ1) is 18.2. The molecule has 1 aliphatic carbocycles. The van der Waals surface area contributed by atoms with Gasteiger partial charge in [0.05, 0.1) is 5.92 Å². The third-order valence-electron chi connectivity index (χ3n) is 6.53. The van der Waals surface area contributed by atoms with Gasteiger partial charge < -0.3 is 14.5 Å². The van der Waals surface area contributed by atoms with Gasteiger partial charge in [-0.3, -0.25) is 9.59 Å². The number of benzene rings is 2. The molecule has 150 valence electrons. The fourth-order valence-corrected chi connectivity index (χ4v) is 4.94. The lowest BCUT2D eigenvalue weighted by Crippen LogP contribution is -2.52. The van der Waals surface area contributed by atoms with Gasteiger partial charge in [-0.2, -0.15) is 0 Å². The van der Waals surface area contributed by atoms with Crippen molar-refractivity contribution in [1.29, 1.82) is 0 Å². The number of carbonyl (C=O) groups is 2. The highest BCUT2D eigenvalue weighted by Gasteiger charge is 2.37. The van der Waals surface area contributed by atoms with Crippen LogP contribution in [0.3, 0.4) is 0 Å². The van der Waals surface area contributed by atoms with Gasteiger partial charge in [-0.1, -0.05) is 49.2 Å². The minimum absolute atomic E-state index is 0.0983. The molecule has 0 aromatic heterocycles. The van der Waals surface area contributed by atoms with Gasteiger partial charge in [0.2, 0.25) is 11.8 Å². The molecule has 29 heavy (non-hydrogen) atoms. The third kappa shape index (κ3) is 3.28. The Bertz CT molecular complexity index is 882. The van der Waals surface area contributed by atoms with E-state index in [0.717, 1.165) is 48.3 Å². The summed E-state index contributed by atoms with van der Waals surface area (Å²) in [6, 6.07) is 15.6. The van der Waals surface area contributed by atoms with Crippen molar-refractivity contribution in [3.8, 4) is 11.5 Å². The van der Waals surface area contributed by atoms with Crippen molar-refractivity contribution in [2.45, 2.75) is 31.6 Å². The first-order valence-corrected chi connectivity index (χ1v) is 10.7. The first-order chi connectivity index (χ1) is 14.2. The van der Waals surface area contributed by atoms with E-state index in [9.17, 15) is 9.59 Å². The zero-order chi connectivity index (χ0) is 19.8. The summed E-state index contributed by atoms with van der Waals surface area (Å²) in [7, 11) is 0. The summed E-state index contributed by atoms with van der Waals surface area (Å²) in [6.45, 7) is 2.46. The molecule has 3 aliphatic rings. The smallest absolute Gasteiger partial charge is 0.234 e. The lowest BCUT2D eigenvalue weighted by Gasteiger charge is -2.38. The van der Waals surface area contributed by atoms with E-state index in [1.165, 1.54) is 0 Å². The highest BCUT2D eigenvalue weighted by Crippen LogP contribution is 2.44. The van der Waals surface area contributed by atoms with Crippen molar-refractivity contribution in [2.75, 3.05) is 26.2 Å². The molecule has 5 heteroatoms. The van der Waals surface area contributed by atoms with Crippen molar-refractivity contribution < 1.29 is 14.3 Å². The molecule has 2 aromatic rings. The van der Waals surface area contributed by atoms with Crippen molar-refractivity contribution >= 4 is 11.8 Å². The normalized spacial score (nSPS) is 19.4. The summed E-state index contributed by atoms with van der Waals surface area (Å²) in [5.74, 6) is 1.73. The number of piperazine rings is 1. The zero-order valence-corrected chi connectivity index (χ0v) is 16.5. The van der Waals surface area contributed by atoms with Gasteiger partial charge in [-0.25, -0.2) is 0 Å². The molecule has 2 amide bonds. The zero-order valence-electron chi connectivity index (χ0n) is 16.5. The van der Waals surface area contributed by atoms with Gasteiger partial charge in [0.1, 0.15) is 11.5 Å². The Balaban J connectivity index is 1.35. The van der Waals surface area contributed by atoms with Crippen molar-refractivity contribution in [3.63, 3.8) is 0 Å². The quantitative estimate of drug-likeness (QED) is 0.784. The molecule has 0 N–H and O–H groups in total. The average molecular weight is 390 g/mol. The number of para-hydroxylation sites is 2. The van der Waals surface area contributed by atoms with Gasteiger partial charge in [0.25, 0.3) is 0 Å². The molecule has 5 nitrogen and oxygen atoms in total. The summed E-state index contributed by atoms with van der Waals surface area (Å²) < 4.78 is 6.03. The van der Waals surface area contributed by atoms with Crippen LogP contribution in [0.1, 0.15) is 42.7 Å². The van der Waals surface area contributed by atoms with Gasteiger partial charge in [0.15, 0.2) is 0 Å². The van der Waals surface area contributed by atoms with E-state index in [-0.39, 0.29) is 23.7 Å². The third-order valence-corrected chi connectivity index (χ3v) is 6.53. The number of ether oxygens (including phenoxy) is 1. The van der Waals surface area contributed by atoms with E-state index >= 15 is 0 Å². The average Bonchev–Trinajstić information content (AvgIpc) is 3.31.